The summed E-state index contributed by atoms with van der Waals surface area (Å²) in [4.78, 5) is 12.5. The van der Waals surface area contributed by atoms with Crippen molar-refractivity contribution in [3.8, 4) is 0 Å². The van der Waals surface area contributed by atoms with Crippen molar-refractivity contribution in [3.63, 3.8) is 0 Å². The van der Waals surface area contributed by atoms with Gasteiger partial charge in [-0.05, 0) is 35.3 Å². The van der Waals surface area contributed by atoms with Crippen LogP contribution in [0.3, 0.4) is 0 Å². The molecule has 2 rings (SSSR count). The standard InChI is InChI=1S/C25H34N2O/c1-2-3-4-5-6-7-8-12-19-27-25(28)20-24(21-13-10-9-11-14-21)22-15-17-23(26)18-16-22/h9-11,13-18,20H,2-8,12,19,26H2,1H3,(H,27,28). The highest BCUT2D eigenvalue weighted by molar-refractivity contribution is 5.99. The number of nitrogens with two attached hydrogens (primary N) is 1. The number of nitrogens with one attached hydrogen (secondary N) is 1. The Kier molecular flexibility index (Phi) is 9.92. The Balaban J connectivity index is 1.86. The molecule has 2 aromatic rings. The van der Waals surface area contributed by atoms with Crippen molar-refractivity contribution in [3.05, 3.63) is 71.8 Å². The van der Waals surface area contributed by atoms with E-state index in [0.717, 1.165) is 35.4 Å². The summed E-state index contributed by atoms with van der Waals surface area (Å²) in [6, 6.07) is 17.6. The van der Waals surface area contributed by atoms with Crippen molar-refractivity contribution in [1.29, 1.82) is 0 Å². The first-order chi connectivity index (χ1) is 13.7. The van der Waals surface area contributed by atoms with Crippen LogP contribution >= 0.6 is 0 Å². The Morgan fingerprint density at radius 2 is 1.39 bits per heavy atom. The van der Waals surface area contributed by atoms with Gasteiger partial charge in [-0.3, -0.25) is 4.79 Å². The van der Waals surface area contributed by atoms with E-state index in [1.54, 1.807) is 6.08 Å². The first kappa shape index (κ1) is 21.7. The van der Waals surface area contributed by atoms with Crippen molar-refractivity contribution in [2.24, 2.45) is 0 Å². The zero-order valence-corrected chi connectivity index (χ0v) is 17.1. The van der Waals surface area contributed by atoms with Crippen LogP contribution in [0.4, 0.5) is 5.69 Å². The molecular weight excluding hydrogens is 344 g/mol. The van der Waals surface area contributed by atoms with E-state index in [1.807, 2.05) is 54.6 Å². The Morgan fingerprint density at radius 3 is 2.04 bits per heavy atom. The number of carbonyl (C=O) groups is 1. The van der Waals surface area contributed by atoms with Gasteiger partial charge in [0.25, 0.3) is 0 Å². The van der Waals surface area contributed by atoms with Crippen molar-refractivity contribution in [2.75, 3.05) is 12.3 Å². The predicted octanol–water partition coefficient (Wildman–Crippen LogP) is 5.96. The van der Waals surface area contributed by atoms with Gasteiger partial charge in [-0.1, -0.05) is 94.3 Å². The lowest BCUT2D eigenvalue weighted by Gasteiger charge is -2.10. The smallest absolute Gasteiger partial charge is 0.244 e. The zero-order valence-electron chi connectivity index (χ0n) is 17.1. The molecule has 0 radical (unpaired) electrons. The van der Waals surface area contributed by atoms with Gasteiger partial charge in [-0.2, -0.15) is 0 Å². The maximum absolute atomic E-state index is 12.5. The molecule has 0 bridgehead atoms. The second-order valence-corrected chi connectivity index (χ2v) is 7.31. The van der Waals surface area contributed by atoms with Crippen LogP contribution in [0.5, 0.6) is 0 Å². The van der Waals surface area contributed by atoms with Gasteiger partial charge in [-0.15, -0.1) is 0 Å². The van der Waals surface area contributed by atoms with Crippen LogP contribution in [0, 0.1) is 0 Å². The number of benzene rings is 2. The second kappa shape index (κ2) is 12.8. The summed E-state index contributed by atoms with van der Waals surface area (Å²) in [6.45, 7) is 2.97. The molecule has 0 fully saturated rings. The molecule has 0 heterocycles. The van der Waals surface area contributed by atoms with Gasteiger partial charge in [0.1, 0.15) is 0 Å². The van der Waals surface area contributed by atoms with Crippen LogP contribution < -0.4 is 11.1 Å². The van der Waals surface area contributed by atoms with Crippen molar-refractivity contribution in [2.45, 2.75) is 58.3 Å². The maximum atomic E-state index is 12.5. The number of hydrogen-bond acceptors (Lipinski definition) is 2. The lowest BCUT2D eigenvalue weighted by atomic mass is 9.97. The number of nitrogen functional groups attached to an aromatic ring is 1. The first-order valence-electron chi connectivity index (χ1n) is 10.6. The Bertz CT molecular complexity index is 720. The number of unbranched alkanes of at least 4 members (excludes halogenated alkanes) is 7. The number of rotatable bonds is 12. The minimum atomic E-state index is -0.0429. The summed E-state index contributed by atoms with van der Waals surface area (Å²) in [5.41, 5.74) is 9.45. The molecule has 0 spiro atoms. The molecule has 0 saturated carbocycles. The molecule has 0 aliphatic carbocycles. The molecule has 0 atom stereocenters. The molecule has 2 aromatic carbocycles. The molecule has 0 aliphatic heterocycles. The van der Waals surface area contributed by atoms with E-state index in [0.29, 0.717) is 0 Å². The van der Waals surface area contributed by atoms with Crippen LogP contribution in [-0.2, 0) is 4.79 Å². The van der Waals surface area contributed by atoms with Crippen molar-refractivity contribution >= 4 is 17.2 Å². The zero-order chi connectivity index (χ0) is 20.0. The molecule has 0 unspecified atom stereocenters. The van der Waals surface area contributed by atoms with Crippen LogP contribution in [0.1, 0.15) is 69.4 Å². The summed E-state index contributed by atoms with van der Waals surface area (Å²) in [7, 11) is 0. The average molecular weight is 379 g/mol. The molecule has 0 aliphatic rings. The van der Waals surface area contributed by atoms with Gasteiger partial charge in [0.15, 0.2) is 0 Å². The van der Waals surface area contributed by atoms with Gasteiger partial charge in [-0.25, -0.2) is 0 Å². The van der Waals surface area contributed by atoms with E-state index in [9.17, 15) is 4.79 Å². The molecule has 3 N–H and O–H groups in total. The second-order valence-electron chi connectivity index (χ2n) is 7.31. The van der Waals surface area contributed by atoms with E-state index in [-0.39, 0.29) is 5.91 Å². The molecule has 28 heavy (non-hydrogen) atoms. The van der Waals surface area contributed by atoms with Gasteiger partial charge < -0.3 is 11.1 Å². The summed E-state index contributed by atoms with van der Waals surface area (Å²) in [6.07, 6.45) is 11.8. The Hall–Kier alpha value is -2.55. The summed E-state index contributed by atoms with van der Waals surface area (Å²) in [5, 5.41) is 3.04. The fourth-order valence-corrected chi connectivity index (χ4v) is 3.27. The maximum Gasteiger partial charge on any atom is 0.244 e. The van der Waals surface area contributed by atoms with Gasteiger partial charge in [0.2, 0.25) is 5.91 Å². The fraction of sp³-hybridized carbons (Fsp3) is 0.400. The monoisotopic (exact) mass is 378 g/mol. The summed E-state index contributed by atoms with van der Waals surface area (Å²) in [5.74, 6) is -0.0429. The van der Waals surface area contributed by atoms with E-state index in [2.05, 4.69) is 12.2 Å². The first-order valence-corrected chi connectivity index (χ1v) is 10.6. The molecule has 0 saturated heterocycles. The third-order valence-corrected chi connectivity index (χ3v) is 4.91. The molecular formula is C25H34N2O. The molecule has 150 valence electrons. The van der Waals surface area contributed by atoms with Crippen LogP contribution in [0.25, 0.3) is 5.57 Å². The van der Waals surface area contributed by atoms with E-state index in [1.165, 1.54) is 44.9 Å². The summed E-state index contributed by atoms with van der Waals surface area (Å²) >= 11 is 0. The molecule has 1 amide bonds. The van der Waals surface area contributed by atoms with Crippen molar-refractivity contribution < 1.29 is 4.79 Å². The largest absolute Gasteiger partial charge is 0.399 e. The highest BCUT2D eigenvalue weighted by Crippen LogP contribution is 2.24. The SMILES string of the molecule is CCCCCCCCCCNC(=O)C=C(c1ccccc1)c1ccc(N)cc1. The van der Waals surface area contributed by atoms with Crippen LogP contribution in [0.2, 0.25) is 0 Å². The third kappa shape index (κ3) is 7.99. The number of hydrogen-bond donors (Lipinski definition) is 2. The summed E-state index contributed by atoms with van der Waals surface area (Å²) < 4.78 is 0. The number of carbonyl (C=O) groups excluding carboxylic acids is 1. The van der Waals surface area contributed by atoms with E-state index < -0.39 is 0 Å². The highest BCUT2D eigenvalue weighted by Gasteiger charge is 2.07. The average Bonchev–Trinajstić information content (AvgIpc) is 2.72. The predicted molar refractivity (Wildman–Crippen MR) is 120 cm³/mol. The third-order valence-electron chi connectivity index (χ3n) is 4.91. The molecule has 3 nitrogen and oxygen atoms in total. The number of amides is 1. The molecule has 0 aromatic heterocycles. The van der Waals surface area contributed by atoms with E-state index >= 15 is 0 Å². The van der Waals surface area contributed by atoms with Crippen LogP contribution in [0.15, 0.2) is 60.7 Å². The quantitative estimate of drug-likeness (QED) is 0.272. The normalized spacial score (nSPS) is 11.4. The highest BCUT2D eigenvalue weighted by atomic mass is 16.1. The lowest BCUT2D eigenvalue weighted by Crippen LogP contribution is -2.22. The van der Waals surface area contributed by atoms with Gasteiger partial charge >= 0.3 is 0 Å². The van der Waals surface area contributed by atoms with Crippen molar-refractivity contribution in [1.82, 2.24) is 5.32 Å². The van der Waals surface area contributed by atoms with Gasteiger partial charge in [0.05, 0.1) is 0 Å². The number of anilines is 1. The lowest BCUT2D eigenvalue weighted by molar-refractivity contribution is -0.116. The Labute approximate surface area is 170 Å². The van der Waals surface area contributed by atoms with Crippen LogP contribution in [-0.4, -0.2) is 12.5 Å². The minimum absolute atomic E-state index is 0.0429. The van der Waals surface area contributed by atoms with E-state index in [4.69, 9.17) is 5.73 Å². The Morgan fingerprint density at radius 1 is 0.821 bits per heavy atom. The fourth-order valence-electron chi connectivity index (χ4n) is 3.27. The minimum Gasteiger partial charge on any atom is -0.399 e. The molecule has 3 heteroatoms. The van der Waals surface area contributed by atoms with Gasteiger partial charge in [0, 0.05) is 18.3 Å². The topological polar surface area (TPSA) is 55.1 Å².